The molecule has 11 heteroatoms. The van der Waals surface area contributed by atoms with Crippen molar-refractivity contribution in [1.82, 2.24) is 14.5 Å². The SMILES string of the molecule is CC1(C)OB(c2cccc(S(=O)(=O)NCc3nn(C4CCCCO4)c4ccc(Cl)cc34)c2)OC1(C)C. The summed E-state index contributed by atoms with van der Waals surface area (Å²) >= 11 is 6.26. The first-order valence-corrected chi connectivity index (χ1v) is 14.1. The Morgan fingerprint density at radius 1 is 1.11 bits per heavy atom. The lowest BCUT2D eigenvalue weighted by Gasteiger charge is -2.32. The second-order valence-corrected chi connectivity index (χ2v) is 12.6. The Bertz CT molecular complexity index is 1370. The first-order chi connectivity index (χ1) is 17.0. The van der Waals surface area contributed by atoms with Crippen LogP contribution >= 0.6 is 11.6 Å². The number of hydrogen-bond acceptors (Lipinski definition) is 6. The predicted octanol–water partition coefficient (Wildman–Crippen LogP) is 4.17. The van der Waals surface area contributed by atoms with E-state index in [1.165, 1.54) is 0 Å². The number of nitrogens with one attached hydrogen (secondary N) is 1. The van der Waals surface area contributed by atoms with Gasteiger partial charge in [0.05, 0.1) is 33.9 Å². The Labute approximate surface area is 217 Å². The van der Waals surface area contributed by atoms with Gasteiger partial charge in [0.1, 0.15) is 0 Å². The maximum Gasteiger partial charge on any atom is 0.494 e. The molecule has 1 unspecified atom stereocenters. The van der Waals surface area contributed by atoms with Crippen molar-refractivity contribution in [3.05, 3.63) is 53.2 Å². The highest BCUT2D eigenvalue weighted by Crippen LogP contribution is 2.36. The number of sulfonamides is 1. The number of benzene rings is 2. The Balaban J connectivity index is 1.39. The fourth-order valence-corrected chi connectivity index (χ4v) is 5.71. The molecule has 2 aliphatic heterocycles. The van der Waals surface area contributed by atoms with Gasteiger partial charge in [-0.3, -0.25) is 0 Å². The second kappa shape index (κ2) is 9.42. The molecular formula is C25H31BClN3O5S. The van der Waals surface area contributed by atoms with E-state index in [4.69, 9.17) is 30.7 Å². The molecule has 8 nitrogen and oxygen atoms in total. The predicted molar refractivity (Wildman–Crippen MR) is 140 cm³/mol. The second-order valence-electron chi connectivity index (χ2n) is 10.4. The third-order valence-corrected chi connectivity index (χ3v) is 8.93. The van der Waals surface area contributed by atoms with Gasteiger partial charge in [-0.1, -0.05) is 23.7 Å². The van der Waals surface area contributed by atoms with E-state index in [0.717, 1.165) is 30.2 Å². The standard InChI is InChI=1S/C25H31BClN3O5S/c1-24(2)25(3,4)35-26(34-24)17-8-7-9-19(14-17)36(31,32)28-16-21-20-15-18(27)11-12-22(20)30(29-21)23-10-5-6-13-33-23/h7-9,11-12,14-15,23,28H,5-6,10,13,16H2,1-4H3. The van der Waals surface area contributed by atoms with Crippen LogP contribution in [-0.4, -0.2) is 43.1 Å². The summed E-state index contributed by atoms with van der Waals surface area (Å²) in [5, 5.41) is 6.09. The topological polar surface area (TPSA) is 91.7 Å². The highest BCUT2D eigenvalue weighted by molar-refractivity contribution is 7.89. The van der Waals surface area contributed by atoms with Crippen LogP contribution in [0.1, 0.15) is 58.9 Å². The number of hydrogen-bond donors (Lipinski definition) is 1. The molecule has 3 heterocycles. The maximum absolute atomic E-state index is 13.3. The Morgan fingerprint density at radius 2 is 1.86 bits per heavy atom. The number of fused-ring (bicyclic) bond motifs is 1. The fraction of sp³-hybridized carbons (Fsp3) is 0.480. The molecule has 2 fully saturated rings. The van der Waals surface area contributed by atoms with Crippen molar-refractivity contribution < 1.29 is 22.5 Å². The molecule has 0 saturated carbocycles. The van der Waals surface area contributed by atoms with Crippen molar-refractivity contribution in [2.45, 2.75) is 75.8 Å². The first-order valence-electron chi connectivity index (χ1n) is 12.2. The van der Waals surface area contributed by atoms with Crippen LogP contribution in [0.4, 0.5) is 0 Å². The minimum atomic E-state index is -3.84. The molecule has 1 N–H and O–H groups in total. The maximum atomic E-state index is 13.3. The van der Waals surface area contributed by atoms with Crippen molar-refractivity contribution in [3.63, 3.8) is 0 Å². The van der Waals surface area contributed by atoms with Gasteiger partial charge < -0.3 is 14.0 Å². The smallest absolute Gasteiger partial charge is 0.399 e. The van der Waals surface area contributed by atoms with E-state index < -0.39 is 28.3 Å². The van der Waals surface area contributed by atoms with E-state index in [2.05, 4.69) is 4.72 Å². The molecule has 2 saturated heterocycles. The average Bonchev–Trinajstić information content (AvgIpc) is 3.31. The molecule has 0 spiro atoms. The zero-order chi connectivity index (χ0) is 25.7. The summed E-state index contributed by atoms with van der Waals surface area (Å²) in [6.07, 6.45) is 2.76. The minimum Gasteiger partial charge on any atom is -0.399 e. The van der Waals surface area contributed by atoms with Crippen LogP contribution in [0.3, 0.4) is 0 Å². The Morgan fingerprint density at radius 3 is 2.56 bits per heavy atom. The number of ether oxygens (including phenoxy) is 1. The molecule has 0 amide bonds. The third-order valence-electron chi connectivity index (χ3n) is 7.30. The molecule has 2 aromatic carbocycles. The van der Waals surface area contributed by atoms with Crippen LogP contribution in [0.2, 0.25) is 5.02 Å². The van der Waals surface area contributed by atoms with Gasteiger partial charge in [-0.05, 0) is 82.8 Å². The van der Waals surface area contributed by atoms with Gasteiger partial charge in [0, 0.05) is 17.0 Å². The van der Waals surface area contributed by atoms with E-state index in [0.29, 0.717) is 22.8 Å². The normalized spacial score (nSPS) is 21.8. The largest absolute Gasteiger partial charge is 0.494 e. The summed E-state index contributed by atoms with van der Waals surface area (Å²) in [6, 6.07) is 12.2. The lowest BCUT2D eigenvalue weighted by Crippen LogP contribution is -2.41. The van der Waals surface area contributed by atoms with E-state index in [1.54, 1.807) is 24.3 Å². The number of halogens is 1. The van der Waals surface area contributed by atoms with Crippen LogP contribution in [0.25, 0.3) is 10.9 Å². The molecule has 0 bridgehead atoms. The first kappa shape index (κ1) is 25.7. The fourth-order valence-electron chi connectivity index (χ4n) is 4.50. The summed E-state index contributed by atoms with van der Waals surface area (Å²) in [4.78, 5) is 0.132. The van der Waals surface area contributed by atoms with Crippen LogP contribution in [0.15, 0.2) is 47.4 Å². The van der Waals surface area contributed by atoms with Gasteiger partial charge in [0.15, 0.2) is 6.23 Å². The molecule has 3 aromatic rings. The van der Waals surface area contributed by atoms with E-state index >= 15 is 0 Å². The Hall–Kier alpha value is -1.95. The van der Waals surface area contributed by atoms with E-state index in [1.807, 2.05) is 50.6 Å². The van der Waals surface area contributed by atoms with Crippen LogP contribution in [-0.2, 0) is 30.6 Å². The van der Waals surface area contributed by atoms with Crippen molar-refractivity contribution >= 4 is 45.1 Å². The Kier molecular flexibility index (Phi) is 6.72. The molecule has 2 aliphatic rings. The molecule has 1 atom stereocenters. The monoisotopic (exact) mass is 531 g/mol. The van der Waals surface area contributed by atoms with Crippen molar-refractivity contribution in [1.29, 1.82) is 0 Å². The molecular weight excluding hydrogens is 501 g/mol. The zero-order valence-electron chi connectivity index (χ0n) is 21.0. The molecule has 1 aromatic heterocycles. The summed E-state index contributed by atoms with van der Waals surface area (Å²) in [6.45, 7) is 8.54. The molecule has 36 heavy (non-hydrogen) atoms. The quantitative estimate of drug-likeness (QED) is 0.480. The van der Waals surface area contributed by atoms with Gasteiger partial charge in [-0.15, -0.1) is 0 Å². The van der Waals surface area contributed by atoms with E-state index in [9.17, 15) is 8.42 Å². The van der Waals surface area contributed by atoms with Gasteiger partial charge in [0.2, 0.25) is 10.0 Å². The van der Waals surface area contributed by atoms with Crippen LogP contribution in [0.5, 0.6) is 0 Å². The van der Waals surface area contributed by atoms with Crippen molar-refractivity contribution in [2.24, 2.45) is 0 Å². The van der Waals surface area contributed by atoms with Gasteiger partial charge in [0.25, 0.3) is 0 Å². The lowest BCUT2D eigenvalue weighted by atomic mass is 9.79. The van der Waals surface area contributed by atoms with Crippen molar-refractivity contribution in [2.75, 3.05) is 6.61 Å². The number of nitrogens with zero attached hydrogens (tertiary/aromatic N) is 2. The lowest BCUT2D eigenvalue weighted by molar-refractivity contribution is -0.0368. The summed E-state index contributed by atoms with van der Waals surface area (Å²) < 4.78 is 49.2. The molecule has 192 valence electrons. The summed E-state index contributed by atoms with van der Waals surface area (Å²) in [7, 11) is -4.49. The highest BCUT2D eigenvalue weighted by atomic mass is 35.5. The minimum absolute atomic E-state index is 0.0135. The van der Waals surface area contributed by atoms with Crippen LogP contribution in [0, 0.1) is 0 Å². The van der Waals surface area contributed by atoms with E-state index in [-0.39, 0.29) is 17.7 Å². The molecule has 0 radical (unpaired) electrons. The van der Waals surface area contributed by atoms with Gasteiger partial charge in [-0.2, -0.15) is 5.10 Å². The van der Waals surface area contributed by atoms with Crippen molar-refractivity contribution in [3.8, 4) is 0 Å². The highest BCUT2D eigenvalue weighted by Gasteiger charge is 2.51. The van der Waals surface area contributed by atoms with Crippen LogP contribution < -0.4 is 10.2 Å². The molecule has 5 rings (SSSR count). The number of rotatable bonds is 6. The average molecular weight is 532 g/mol. The van der Waals surface area contributed by atoms with Gasteiger partial charge in [-0.25, -0.2) is 17.8 Å². The third kappa shape index (κ3) is 4.82. The van der Waals surface area contributed by atoms with Gasteiger partial charge >= 0.3 is 7.12 Å². The molecule has 0 aliphatic carbocycles. The summed E-state index contributed by atoms with van der Waals surface area (Å²) in [5.41, 5.74) is 1.06. The summed E-state index contributed by atoms with van der Waals surface area (Å²) in [5.74, 6) is 0. The number of aromatic nitrogens is 2. The zero-order valence-corrected chi connectivity index (χ0v) is 22.5.